The maximum Gasteiger partial charge on any atom is 0.261 e. The zero-order chi connectivity index (χ0) is 14.0. The summed E-state index contributed by atoms with van der Waals surface area (Å²) in [4.78, 5) is 15.8. The van der Waals surface area contributed by atoms with Crippen molar-refractivity contribution in [3.05, 3.63) is 23.8 Å². The molecule has 0 bridgehead atoms. The number of carbonyl (C=O) groups is 1. The molecule has 2 rings (SSSR count). The Labute approximate surface area is 117 Å². The van der Waals surface area contributed by atoms with E-state index in [1.54, 1.807) is 7.11 Å². The molecule has 0 spiro atoms. The minimum atomic E-state index is -0.0755. The monoisotopic (exact) mass is 278 g/mol. The van der Waals surface area contributed by atoms with Gasteiger partial charge in [0.1, 0.15) is 5.75 Å². The number of rotatable bonds is 3. The predicted octanol–water partition coefficient (Wildman–Crippen LogP) is 3.07. The first-order chi connectivity index (χ1) is 9.01. The van der Waals surface area contributed by atoms with Gasteiger partial charge in [-0.05, 0) is 24.5 Å². The van der Waals surface area contributed by atoms with Gasteiger partial charge in [0, 0.05) is 11.8 Å². The molecule has 0 radical (unpaired) electrons. The van der Waals surface area contributed by atoms with Gasteiger partial charge >= 0.3 is 0 Å². The lowest BCUT2D eigenvalue weighted by atomic mass is 10.1. The number of nitrogens with zero attached hydrogens (tertiary/aromatic N) is 1. The van der Waals surface area contributed by atoms with Gasteiger partial charge in [-0.25, -0.2) is 0 Å². The molecule has 5 heteroatoms. The summed E-state index contributed by atoms with van der Waals surface area (Å²) in [5.74, 6) is 1.01. The summed E-state index contributed by atoms with van der Waals surface area (Å²) in [6.07, 6.45) is 0. The number of hydrogen-bond donors (Lipinski definition) is 1. The number of carbonyl (C=O) groups excluding carboxylic acids is 1. The van der Waals surface area contributed by atoms with E-state index in [1.807, 2.05) is 39.0 Å². The molecule has 1 aromatic carbocycles. The topological polar surface area (TPSA) is 50.7 Å². The maximum absolute atomic E-state index is 11.8. The van der Waals surface area contributed by atoms with Crippen LogP contribution < -0.4 is 10.1 Å². The highest BCUT2D eigenvalue weighted by atomic mass is 32.2. The van der Waals surface area contributed by atoms with Crippen LogP contribution in [0.4, 0.5) is 5.69 Å². The number of amides is 1. The van der Waals surface area contributed by atoms with Crippen LogP contribution >= 0.6 is 11.8 Å². The van der Waals surface area contributed by atoms with Crippen LogP contribution in [0.25, 0.3) is 0 Å². The molecule has 19 heavy (non-hydrogen) atoms. The molecule has 1 aromatic rings. The molecule has 4 nitrogen and oxygen atoms in total. The van der Waals surface area contributed by atoms with E-state index in [1.165, 1.54) is 11.8 Å². The van der Waals surface area contributed by atoms with Crippen molar-refractivity contribution < 1.29 is 9.53 Å². The molecular formula is C14H18N2O2S. The average molecular weight is 278 g/mol. The third-order valence-corrected chi connectivity index (χ3v) is 4.40. The summed E-state index contributed by atoms with van der Waals surface area (Å²) in [6, 6.07) is 5.79. The zero-order valence-corrected chi connectivity index (χ0v) is 12.4. The molecule has 1 aliphatic heterocycles. The van der Waals surface area contributed by atoms with Crippen molar-refractivity contribution in [2.24, 2.45) is 10.9 Å². The van der Waals surface area contributed by atoms with Crippen LogP contribution in [-0.2, 0) is 4.79 Å². The van der Waals surface area contributed by atoms with Crippen molar-refractivity contribution in [2.75, 3.05) is 12.4 Å². The van der Waals surface area contributed by atoms with Gasteiger partial charge in [0.05, 0.1) is 12.4 Å². The van der Waals surface area contributed by atoms with Gasteiger partial charge in [0.25, 0.3) is 5.91 Å². The lowest BCUT2D eigenvalue weighted by Gasteiger charge is -2.12. The number of ether oxygens (including phenoxy) is 1. The second-order valence-corrected chi connectivity index (χ2v) is 5.97. The van der Waals surface area contributed by atoms with E-state index in [-0.39, 0.29) is 17.1 Å². The molecule has 1 aliphatic rings. The number of nitrogens with one attached hydrogen (secondary N) is 1. The maximum atomic E-state index is 11.8. The number of aryl methyl sites for hydroxylation is 1. The van der Waals surface area contributed by atoms with Crippen molar-refractivity contribution in [1.82, 2.24) is 0 Å². The van der Waals surface area contributed by atoms with E-state index in [0.717, 1.165) is 17.0 Å². The Morgan fingerprint density at radius 1 is 1.42 bits per heavy atom. The van der Waals surface area contributed by atoms with Crippen LogP contribution in [0.1, 0.15) is 19.4 Å². The van der Waals surface area contributed by atoms with Crippen molar-refractivity contribution >= 4 is 28.5 Å². The highest BCUT2D eigenvalue weighted by molar-refractivity contribution is 8.15. The van der Waals surface area contributed by atoms with Gasteiger partial charge in [-0.2, -0.15) is 4.99 Å². The van der Waals surface area contributed by atoms with Crippen LogP contribution in [0.5, 0.6) is 5.75 Å². The van der Waals surface area contributed by atoms with Gasteiger partial charge in [-0.1, -0.05) is 31.7 Å². The summed E-state index contributed by atoms with van der Waals surface area (Å²) in [5.41, 5.74) is 2.01. The van der Waals surface area contributed by atoms with Crippen molar-refractivity contribution in [3.8, 4) is 5.75 Å². The quantitative estimate of drug-likeness (QED) is 0.923. The second-order valence-electron chi connectivity index (χ2n) is 4.84. The highest BCUT2D eigenvalue weighted by Crippen LogP contribution is 2.30. The Hall–Kier alpha value is -1.49. The number of anilines is 1. The first-order valence-corrected chi connectivity index (χ1v) is 7.10. The predicted molar refractivity (Wildman–Crippen MR) is 80.0 cm³/mol. The van der Waals surface area contributed by atoms with Gasteiger partial charge in [0.15, 0.2) is 5.17 Å². The number of benzene rings is 1. The minimum absolute atomic E-state index is 0.0527. The summed E-state index contributed by atoms with van der Waals surface area (Å²) < 4.78 is 5.20. The minimum Gasteiger partial charge on any atom is -0.497 e. The Morgan fingerprint density at radius 3 is 2.74 bits per heavy atom. The zero-order valence-electron chi connectivity index (χ0n) is 11.6. The third-order valence-electron chi connectivity index (χ3n) is 2.99. The van der Waals surface area contributed by atoms with E-state index < -0.39 is 0 Å². The first-order valence-electron chi connectivity index (χ1n) is 6.22. The van der Waals surface area contributed by atoms with Gasteiger partial charge in [0.2, 0.25) is 0 Å². The van der Waals surface area contributed by atoms with E-state index in [0.29, 0.717) is 5.17 Å². The SMILES string of the molecule is COc1ccc(C)c(NC2=NC(=O)C(C(C)C)S2)c1. The van der Waals surface area contributed by atoms with Crippen molar-refractivity contribution in [3.63, 3.8) is 0 Å². The summed E-state index contributed by atoms with van der Waals surface area (Å²) in [7, 11) is 1.63. The molecular weight excluding hydrogens is 260 g/mol. The lowest BCUT2D eigenvalue weighted by Crippen LogP contribution is -2.17. The summed E-state index contributed by atoms with van der Waals surface area (Å²) >= 11 is 1.49. The van der Waals surface area contributed by atoms with Crippen LogP contribution in [-0.4, -0.2) is 23.4 Å². The first kappa shape index (κ1) is 13.9. The van der Waals surface area contributed by atoms with E-state index in [9.17, 15) is 4.79 Å². The molecule has 0 aromatic heterocycles. The van der Waals surface area contributed by atoms with E-state index in [4.69, 9.17) is 4.74 Å². The Morgan fingerprint density at radius 2 is 2.16 bits per heavy atom. The molecule has 1 amide bonds. The normalized spacial score (nSPS) is 18.7. The molecule has 1 heterocycles. The Balaban J connectivity index is 2.15. The van der Waals surface area contributed by atoms with Crippen LogP contribution in [0.2, 0.25) is 0 Å². The molecule has 1 unspecified atom stereocenters. The molecule has 1 atom stereocenters. The fourth-order valence-electron chi connectivity index (χ4n) is 1.82. The lowest BCUT2D eigenvalue weighted by molar-refractivity contribution is -0.117. The van der Waals surface area contributed by atoms with Gasteiger partial charge in [-0.15, -0.1) is 0 Å². The molecule has 0 saturated carbocycles. The smallest absolute Gasteiger partial charge is 0.261 e. The van der Waals surface area contributed by atoms with Gasteiger partial charge in [-0.3, -0.25) is 4.79 Å². The van der Waals surface area contributed by atoms with E-state index >= 15 is 0 Å². The number of aliphatic imine (C=N–C) groups is 1. The number of hydrogen-bond acceptors (Lipinski definition) is 4. The molecule has 0 fully saturated rings. The fourth-order valence-corrected chi connectivity index (χ4v) is 2.80. The Kier molecular flexibility index (Phi) is 4.14. The number of thioether (sulfide) groups is 1. The highest BCUT2D eigenvalue weighted by Gasteiger charge is 2.31. The van der Waals surface area contributed by atoms with Crippen LogP contribution in [0, 0.1) is 12.8 Å². The Bertz CT molecular complexity index is 526. The number of amidine groups is 1. The standard InChI is InChI=1S/C14H18N2O2S/c1-8(2)12-13(17)16-14(19-12)15-11-7-10(18-4)6-5-9(11)3/h5-8,12H,1-4H3,(H,15,16,17). The fraction of sp³-hybridized carbons (Fsp3) is 0.429. The average Bonchev–Trinajstić information content (AvgIpc) is 2.73. The van der Waals surface area contributed by atoms with Crippen LogP contribution in [0.3, 0.4) is 0 Å². The number of methoxy groups -OCH3 is 1. The molecule has 102 valence electrons. The largest absolute Gasteiger partial charge is 0.497 e. The van der Waals surface area contributed by atoms with Crippen LogP contribution in [0.15, 0.2) is 23.2 Å². The second kappa shape index (κ2) is 5.65. The summed E-state index contributed by atoms with van der Waals surface area (Å²) in [6.45, 7) is 6.07. The van der Waals surface area contributed by atoms with Crippen molar-refractivity contribution in [1.29, 1.82) is 0 Å². The summed E-state index contributed by atoms with van der Waals surface area (Å²) in [5, 5.41) is 3.80. The third kappa shape index (κ3) is 3.10. The molecule has 0 saturated heterocycles. The van der Waals surface area contributed by atoms with E-state index in [2.05, 4.69) is 10.3 Å². The van der Waals surface area contributed by atoms with Crippen molar-refractivity contribution in [2.45, 2.75) is 26.0 Å². The molecule has 1 N–H and O–H groups in total. The molecule has 0 aliphatic carbocycles. The van der Waals surface area contributed by atoms with Gasteiger partial charge < -0.3 is 10.1 Å².